The maximum atomic E-state index is 11.3. The first-order valence-electron chi connectivity index (χ1n) is 7.39. The van der Waals surface area contributed by atoms with Crippen molar-refractivity contribution in [3.05, 3.63) is 35.7 Å². The summed E-state index contributed by atoms with van der Waals surface area (Å²) >= 11 is 1.61. The molecular weight excluding hydrogens is 298 g/mol. The number of aromatic nitrogens is 3. The monoisotopic (exact) mass is 319 g/mol. The SMILES string of the molecule is CCOC(=O)CCCSc1nnc(C)n1-c1cccc(C)c1. The molecule has 0 bridgehead atoms. The molecule has 0 fully saturated rings. The van der Waals surface area contributed by atoms with E-state index in [1.165, 1.54) is 5.56 Å². The summed E-state index contributed by atoms with van der Waals surface area (Å²) in [6, 6.07) is 8.25. The lowest BCUT2D eigenvalue weighted by Crippen LogP contribution is -2.04. The molecule has 5 nitrogen and oxygen atoms in total. The molecule has 0 saturated heterocycles. The Morgan fingerprint density at radius 1 is 1.32 bits per heavy atom. The summed E-state index contributed by atoms with van der Waals surface area (Å²) in [7, 11) is 0. The molecule has 0 radical (unpaired) electrons. The zero-order valence-corrected chi connectivity index (χ0v) is 14.0. The van der Waals surface area contributed by atoms with E-state index >= 15 is 0 Å². The molecule has 6 heteroatoms. The lowest BCUT2D eigenvalue weighted by Gasteiger charge is -2.09. The van der Waals surface area contributed by atoms with Gasteiger partial charge in [-0.25, -0.2) is 0 Å². The molecule has 0 aliphatic carbocycles. The molecule has 0 saturated carbocycles. The number of thioether (sulfide) groups is 1. The van der Waals surface area contributed by atoms with Gasteiger partial charge in [-0.2, -0.15) is 0 Å². The van der Waals surface area contributed by atoms with E-state index in [0.717, 1.165) is 28.8 Å². The van der Waals surface area contributed by atoms with Crippen molar-refractivity contribution in [2.75, 3.05) is 12.4 Å². The number of benzene rings is 1. The number of rotatable bonds is 7. The minimum atomic E-state index is -0.139. The Hall–Kier alpha value is -1.82. The van der Waals surface area contributed by atoms with Gasteiger partial charge in [0.2, 0.25) is 0 Å². The Morgan fingerprint density at radius 2 is 2.14 bits per heavy atom. The average molecular weight is 319 g/mol. The summed E-state index contributed by atoms with van der Waals surface area (Å²) in [5.41, 5.74) is 2.26. The van der Waals surface area contributed by atoms with Gasteiger partial charge >= 0.3 is 5.97 Å². The molecule has 22 heavy (non-hydrogen) atoms. The Bertz CT molecular complexity index is 640. The van der Waals surface area contributed by atoms with Crippen LogP contribution in [-0.2, 0) is 9.53 Å². The molecule has 0 atom stereocenters. The topological polar surface area (TPSA) is 57.0 Å². The van der Waals surface area contributed by atoms with Crippen LogP contribution >= 0.6 is 11.8 Å². The minimum Gasteiger partial charge on any atom is -0.466 e. The number of carbonyl (C=O) groups is 1. The Morgan fingerprint density at radius 3 is 2.86 bits per heavy atom. The van der Waals surface area contributed by atoms with Crippen LogP contribution in [0.25, 0.3) is 5.69 Å². The van der Waals surface area contributed by atoms with Crippen molar-refractivity contribution in [2.24, 2.45) is 0 Å². The smallest absolute Gasteiger partial charge is 0.305 e. The van der Waals surface area contributed by atoms with Crippen molar-refractivity contribution in [1.82, 2.24) is 14.8 Å². The maximum Gasteiger partial charge on any atom is 0.305 e. The van der Waals surface area contributed by atoms with Crippen molar-refractivity contribution in [3.8, 4) is 5.69 Å². The van der Waals surface area contributed by atoms with Crippen LogP contribution < -0.4 is 0 Å². The summed E-state index contributed by atoms with van der Waals surface area (Å²) in [6.07, 6.45) is 1.21. The predicted molar refractivity (Wildman–Crippen MR) is 87.4 cm³/mol. The lowest BCUT2D eigenvalue weighted by molar-refractivity contribution is -0.143. The van der Waals surface area contributed by atoms with Gasteiger partial charge < -0.3 is 4.74 Å². The summed E-state index contributed by atoms with van der Waals surface area (Å²) in [5.74, 6) is 1.53. The average Bonchev–Trinajstić information content (AvgIpc) is 2.85. The number of esters is 1. The van der Waals surface area contributed by atoms with Gasteiger partial charge in [-0.3, -0.25) is 9.36 Å². The fourth-order valence-corrected chi connectivity index (χ4v) is 3.05. The highest BCUT2D eigenvalue weighted by Crippen LogP contribution is 2.23. The lowest BCUT2D eigenvalue weighted by atomic mass is 10.2. The highest BCUT2D eigenvalue weighted by atomic mass is 32.2. The summed E-state index contributed by atoms with van der Waals surface area (Å²) in [5, 5.41) is 9.25. The molecule has 0 amide bonds. The number of ether oxygens (including phenoxy) is 1. The number of carbonyl (C=O) groups excluding carboxylic acids is 1. The number of hydrogen-bond acceptors (Lipinski definition) is 5. The molecule has 2 rings (SSSR count). The predicted octanol–water partition coefficient (Wildman–Crippen LogP) is 3.32. The molecule has 0 N–H and O–H groups in total. The fourth-order valence-electron chi connectivity index (χ4n) is 2.11. The molecule has 0 aliphatic rings. The van der Waals surface area contributed by atoms with Crippen molar-refractivity contribution in [2.45, 2.75) is 38.8 Å². The van der Waals surface area contributed by atoms with Gasteiger partial charge in [-0.05, 0) is 44.9 Å². The Labute approximate surface area is 135 Å². The zero-order valence-electron chi connectivity index (χ0n) is 13.2. The molecule has 2 aromatic rings. The first kappa shape index (κ1) is 16.5. The molecule has 0 unspecified atom stereocenters. The van der Waals surface area contributed by atoms with Crippen LogP contribution in [0, 0.1) is 13.8 Å². The Kier molecular flexibility index (Phi) is 6.00. The number of nitrogens with zero attached hydrogens (tertiary/aromatic N) is 3. The van der Waals surface area contributed by atoms with Gasteiger partial charge in [0.1, 0.15) is 5.82 Å². The van der Waals surface area contributed by atoms with E-state index in [0.29, 0.717) is 13.0 Å². The van der Waals surface area contributed by atoms with Crippen molar-refractivity contribution >= 4 is 17.7 Å². The van der Waals surface area contributed by atoms with Gasteiger partial charge in [-0.15, -0.1) is 10.2 Å². The molecular formula is C16H21N3O2S. The van der Waals surface area contributed by atoms with Gasteiger partial charge in [0.15, 0.2) is 5.16 Å². The fraction of sp³-hybridized carbons (Fsp3) is 0.438. The first-order chi connectivity index (χ1) is 10.6. The minimum absolute atomic E-state index is 0.139. The number of aryl methyl sites for hydroxylation is 2. The van der Waals surface area contributed by atoms with Crippen LogP contribution in [0.4, 0.5) is 0 Å². The Balaban J connectivity index is 2.00. The van der Waals surface area contributed by atoms with Gasteiger partial charge in [0.25, 0.3) is 0 Å². The van der Waals surface area contributed by atoms with E-state index in [-0.39, 0.29) is 5.97 Å². The largest absolute Gasteiger partial charge is 0.466 e. The summed E-state index contributed by atoms with van der Waals surface area (Å²) in [4.78, 5) is 11.3. The van der Waals surface area contributed by atoms with Crippen LogP contribution in [0.5, 0.6) is 0 Å². The van der Waals surface area contributed by atoms with Crippen LogP contribution in [0.3, 0.4) is 0 Å². The second kappa shape index (κ2) is 7.98. The van der Waals surface area contributed by atoms with Crippen molar-refractivity contribution in [3.63, 3.8) is 0 Å². The van der Waals surface area contributed by atoms with Crippen LogP contribution in [0.15, 0.2) is 29.4 Å². The van der Waals surface area contributed by atoms with Crippen LogP contribution in [0.2, 0.25) is 0 Å². The van der Waals surface area contributed by atoms with Crippen LogP contribution in [0.1, 0.15) is 31.2 Å². The summed E-state index contributed by atoms with van der Waals surface area (Å²) in [6.45, 7) is 6.26. The van der Waals surface area contributed by atoms with Crippen molar-refractivity contribution < 1.29 is 9.53 Å². The van der Waals surface area contributed by atoms with Gasteiger partial charge in [0, 0.05) is 17.9 Å². The first-order valence-corrected chi connectivity index (χ1v) is 8.38. The second-order valence-corrected chi connectivity index (χ2v) is 6.02. The molecule has 1 aromatic heterocycles. The molecule has 1 aromatic carbocycles. The second-order valence-electron chi connectivity index (χ2n) is 4.96. The normalized spacial score (nSPS) is 10.7. The quantitative estimate of drug-likeness (QED) is 0.445. The van der Waals surface area contributed by atoms with Gasteiger partial charge in [-0.1, -0.05) is 23.9 Å². The standard InChI is InChI=1S/C16H21N3O2S/c1-4-21-15(20)9-6-10-22-16-18-17-13(3)19(16)14-8-5-7-12(2)11-14/h5,7-8,11H,4,6,9-10H2,1-3H3. The molecule has 0 aliphatic heterocycles. The van der Waals surface area contributed by atoms with E-state index in [2.05, 4.69) is 29.3 Å². The van der Waals surface area contributed by atoms with E-state index in [1.807, 2.05) is 30.5 Å². The van der Waals surface area contributed by atoms with Gasteiger partial charge in [0.05, 0.1) is 6.61 Å². The van der Waals surface area contributed by atoms with Crippen LogP contribution in [-0.4, -0.2) is 33.1 Å². The molecule has 0 spiro atoms. The highest BCUT2D eigenvalue weighted by molar-refractivity contribution is 7.99. The van der Waals surface area contributed by atoms with E-state index in [4.69, 9.17) is 4.74 Å². The van der Waals surface area contributed by atoms with Crippen molar-refractivity contribution in [1.29, 1.82) is 0 Å². The van der Waals surface area contributed by atoms with E-state index < -0.39 is 0 Å². The third-order valence-corrected chi connectivity index (χ3v) is 4.13. The highest BCUT2D eigenvalue weighted by Gasteiger charge is 2.11. The third-order valence-electron chi connectivity index (χ3n) is 3.12. The van der Waals surface area contributed by atoms with E-state index in [1.54, 1.807) is 11.8 Å². The zero-order chi connectivity index (χ0) is 15.9. The molecule has 118 valence electrons. The molecule has 1 heterocycles. The maximum absolute atomic E-state index is 11.3. The summed E-state index contributed by atoms with van der Waals surface area (Å²) < 4.78 is 6.97. The van der Waals surface area contributed by atoms with E-state index in [9.17, 15) is 4.79 Å². The number of hydrogen-bond donors (Lipinski definition) is 0. The third kappa shape index (κ3) is 4.34.